The van der Waals surface area contributed by atoms with Crippen LogP contribution in [-0.4, -0.2) is 104 Å². The van der Waals surface area contributed by atoms with E-state index in [1.54, 1.807) is 223 Å². The van der Waals surface area contributed by atoms with Crippen LogP contribution in [0.5, 0.6) is 23.0 Å². The first-order chi connectivity index (χ1) is 59.3. The van der Waals surface area contributed by atoms with E-state index < -0.39 is 40.1 Å². The molecule has 16 rings (SSSR count). The Labute approximate surface area is 731 Å². The van der Waals surface area contributed by atoms with E-state index in [-0.39, 0.29) is 84.8 Å². The number of sulfonamides is 4. The first kappa shape index (κ1) is 87.7. The zero-order valence-corrected chi connectivity index (χ0v) is 72.0. The number of fused-ring (bicyclic) bond motifs is 4. The summed E-state index contributed by atoms with van der Waals surface area (Å²) in [4.78, 5) is 66.0. The molecule has 0 aliphatic heterocycles. The number of halogens is 2. The van der Waals surface area contributed by atoms with Crippen molar-refractivity contribution in [2.45, 2.75) is 26.0 Å². The number of para-hydroxylation sites is 1. The second-order valence-electron chi connectivity index (χ2n) is 25.7. The van der Waals surface area contributed by atoms with E-state index >= 15 is 0 Å². The summed E-state index contributed by atoms with van der Waals surface area (Å²) < 4.78 is 134. The van der Waals surface area contributed by atoms with Crippen molar-refractivity contribution in [2.24, 2.45) is 0 Å². The van der Waals surface area contributed by atoms with Gasteiger partial charge in [-0.3, -0.25) is 38.1 Å². The minimum atomic E-state index is -3.86. The molecule has 0 bridgehead atoms. The van der Waals surface area contributed by atoms with Gasteiger partial charge in [0, 0.05) is 122 Å². The number of benzene rings is 12. The molecule has 0 fully saturated rings. The third-order valence-corrected chi connectivity index (χ3v) is 26.7. The maximum atomic E-state index is 12.9. The first-order valence-corrected chi connectivity index (χ1v) is 46.6. The highest BCUT2D eigenvalue weighted by atomic mass is 35.5. The number of ether oxygens (including phenoxy) is 4. The lowest BCUT2D eigenvalue weighted by molar-refractivity contribution is -0.118. The predicted molar refractivity (Wildman–Crippen MR) is 485 cm³/mol. The number of carbonyl (C=O) groups is 4. The topological polar surface area (TPSA) is 390 Å². The van der Waals surface area contributed by atoms with Crippen LogP contribution in [0, 0.1) is 0 Å². The fourth-order valence-corrected chi connectivity index (χ4v) is 20.3. The van der Waals surface area contributed by atoms with Gasteiger partial charge in [0.25, 0.3) is 57.8 Å². The molecule has 626 valence electrons. The molecule has 4 aromatic heterocycles. The van der Waals surface area contributed by atoms with E-state index in [0.717, 1.165) is 11.3 Å². The molecule has 16 aromatic rings. The Morgan fingerprint density at radius 2 is 0.618 bits per heavy atom. The minimum Gasteiger partial charge on any atom is -0.497 e. The number of methoxy groups -OCH3 is 1. The van der Waals surface area contributed by atoms with Gasteiger partial charge in [0.05, 0.1) is 33.1 Å². The summed E-state index contributed by atoms with van der Waals surface area (Å²) in [5, 5.41) is 24.5. The van der Waals surface area contributed by atoms with Crippen molar-refractivity contribution in [1.29, 1.82) is 0 Å². The zero-order chi connectivity index (χ0) is 86.5. The molecule has 123 heavy (non-hydrogen) atoms. The number of rotatable bonds is 28. The Morgan fingerprint density at radius 3 is 1.00 bits per heavy atom. The molecular weight excluding hydrogens is 1770 g/mol. The number of anilines is 8. The smallest absolute Gasteiger partial charge is 0.264 e. The highest BCUT2D eigenvalue weighted by Gasteiger charge is 2.26. The first-order valence-electron chi connectivity index (χ1n) is 36.4. The molecule has 0 atom stereocenters. The summed E-state index contributed by atoms with van der Waals surface area (Å²) in [6, 6.07) is 69.7. The van der Waals surface area contributed by atoms with Gasteiger partial charge in [-0.25, -0.2) is 53.6 Å². The molecule has 4 heterocycles. The number of hydrogen-bond acceptors (Lipinski definition) is 24. The monoisotopic (exact) mass is 1840 g/mol. The summed E-state index contributed by atoms with van der Waals surface area (Å²) in [7, 11) is -13.8. The molecule has 0 saturated heterocycles. The van der Waals surface area contributed by atoms with Crippen molar-refractivity contribution in [3.8, 4) is 23.0 Å². The van der Waals surface area contributed by atoms with E-state index in [1.807, 2.05) is 30.3 Å². The van der Waals surface area contributed by atoms with Crippen LogP contribution in [0.3, 0.4) is 0 Å². The number of nitrogens with zero attached hydrogens (tertiary/aromatic N) is 4. The highest BCUT2D eigenvalue weighted by molar-refractivity contribution is 7.94. The lowest BCUT2D eigenvalue weighted by atomic mass is 10.1. The molecule has 28 nitrogen and oxygen atoms in total. The van der Waals surface area contributed by atoms with Crippen molar-refractivity contribution in [3.63, 3.8) is 0 Å². The van der Waals surface area contributed by atoms with Gasteiger partial charge in [-0.1, -0.05) is 157 Å². The predicted octanol–water partition coefficient (Wildman–Crippen LogP) is 17.9. The number of aromatic nitrogens is 4. The van der Waals surface area contributed by atoms with Gasteiger partial charge in [0.2, 0.25) is 5.91 Å². The van der Waals surface area contributed by atoms with Crippen molar-refractivity contribution in [1.82, 2.24) is 19.9 Å². The Bertz CT molecular complexity index is 6920. The lowest BCUT2D eigenvalue weighted by Crippen LogP contribution is -2.20. The number of hydrogen-bond donors (Lipinski definition) is 8. The molecule has 0 saturated carbocycles. The van der Waals surface area contributed by atoms with Crippen molar-refractivity contribution < 1.29 is 71.8 Å². The van der Waals surface area contributed by atoms with Gasteiger partial charge in [-0.2, -0.15) is 0 Å². The third-order valence-electron chi connectivity index (χ3n) is 17.4. The number of thiazole rings is 4. The molecule has 0 aliphatic rings. The van der Waals surface area contributed by atoms with E-state index in [1.165, 1.54) is 94.4 Å². The van der Waals surface area contributed by atoms with Crippen molar-refractivity contribution >= 4 is 219 Å². The Hall–Kier alpha value is -13.1. The van der Waals surface area contributed by atoms with Gasteiger partial charge < -0.3 is 40.2 Å². The molecule has 0 aliphatic carbocycles. The van der Waals surface area contributed by atoms with E-state index in [0.29, 0.717) is 98.3 Å². The van der Waals surface area contributed by atoms with Crippen molar-refractivity contribution in [2.75, 3.05) is 67.1 Å². The lowest BCUT2D eigenvalue weighted by Gasteiger charge is -2.13. The van der Waals surface area contributed by atoms with Crippen LogP contribution >= 0.6 is 68.5 Å². The molecule has 0 unspecified atom stereocenters. The Kier molecular flexibility index (Phi) is 28.9. The van der Waals surface area contributed by atoms with Crippen LogP contribution in [0.4, 0.5) is 43.3 Å². The van der Waals surface area contributed by atoms with Gasteiger partial charge >= 0.3 is 0 Å². The molecule has 0 radical (unpaired) electrons. The van der Waals surface area contributed by atoms with Crippen molar-refractivity contribution in [3.05, 3.63) is 311 Å². The molecule has 38 heteroatoms. The highest BCUT2D eigenvalue weighted by Crippen LogP contribution is 2.37. The summed E-state index contributed by atoms with van der Waals surface area (Å²) >= 11 is 16.5. The summed E-state index contributed by atoms with van der Waals surface area (Å²) in [5.41, 5.74) is 2.84. The fraction of sp³-hybridized carbons (Fsp3) is 0.0588. The second kappa shape index (κ2) is 40.5. The van der Waals surface area contributed by atoms with Crippen LogP contribution in [0.25, 0.3) is 43.1 Å². The minimum absolute atomic E-state index is 0.0893. The molecule has 12 aromatic carbocycles. The number of amides is 4. The van der Waals surface area contributed by atoms with Crippen LogP contribution in [0.1, 0.15) is 5.56 Å². The normalized spacial score (nSPS) is 11.2. The Balaban J connectivity index is 0.000000141. The third kappa shape index (κ3) is 23.5. The maximum Gasteiger partial charge on any atom is 0.264 e. The molecule has 8 N–H and O–H groups in total. The van der Waals surface area contributed by atoms with Crippen LogP contribution in [0.2, 0.25) is 10.0 Å². The SMILES string of the molecule is COc1ccc(CC(=O)Nc2ccc(S(=O)(=O)Nc3nccs3)c3ccccc23)cc1.O=C(COc1ccc(Cl)cc1)Nc1cccc2c(S(=O)(=O)Nc3nccs3)cccc12.O=C(COc1cccc(Cl)c1)Nc1cccc2c(S(=O)(=O)Nc3nccs3)cccc12.O=C(COc1ccccc1)Nc1ccc(S(=O)(=O)Nc2nccs2)c2ccccc12. The van der Waals surface area contributed by atoms with Crippen LogP contribution in [-0.2, 0) is 65.7 Å². The van der Waals surface area contributed by atoms with Gasteiger partial charge in [0.1, 0.15) is 23.0 Å². The summed E-state index contributed by atoms with van der Waals surface area (Å²) in [5.74, 6) is 0.984. The van der Waals surface area contributed by atoms with Crippen LogP contribution in [0.15, 0.2) is 315 Å². The van der Waals surface area contributed by atoms with E-state index in [2.05, 4.69) is 60.1 Å². The average molecular weight is 1840 g/mol. The number of carbonyl (C=O) groups excluding carboxylic acids is 4. The quantitative estimate of drug-likeness (QED) is 0.0226. The molecule has 4 amide bonds. The second-order valence-corrected chi connectivity index (χ2v) is 36.8. The largest absolute Gasteiger partial charge is 0.497 e. The maximum absolute atomic E-state index is 12.9. The van der Waals surface area contributed by atoms with Gasteiger partial charge in [0.15, 0.2) is 40.3 Å². The zero-order valence-electron chi connectivity index (χ0n) is 64.0. The fourth-order valence-electron chi connectivity index (χ4n) is 12.0. The van der Waals surface area contributed by atoms with Gasteiger partial charge in [-0.05, 0) is 121 Å². The summed E-state index contributed by atoms with van der Waals surface area (Å²) in [6.45, 7) is -0.591. The van der Waals surface area contributed by atoms with Gasteiger partial charge in [-0.15, -0.1) is 45.3 Å². The van der Waals surface area contributed by atoms with E-state index in [9.17, 15) is 52.8 Å². The Morgan fingerprint density at radius 1 is 0.309 bits per heavy atom. The molecule has 0 spiro atoms. The van der Waals surface area contributed by atoms with E-state index in [4.69, 9.17) is 42.1 Å². The number of nitrogens with one attached hydrogen (secondary N) is 8. The standard InChI is InChI=1S/C22H19N3O4S2.2C21H16ClN3O4S2.C21H17N3O4S2/c1-29-16-8-6-15(7-9-16)14-21(26)24-19-10-11-20(18-5-3-2-4-17(18)19)31(27,28)25-22-23-12-13-30-22;22-14-4-1-5-15(12-14)29-13-20(26)24-18-8-2-7-17-16(18)6-3-9-19(17)31(27,28)25-21-23-10-11-30-21;22-14-7-9-15(10-8-14)29-13-20(26)24-18-5-1-4-17-16(18)3-2-6-19(17)31(27,28)25-21-23-11-12-30-21;25-20(14-28-15-6-2-1-3-7-15)23-18-10-11-19(17-9-5-4-8-16(17)18)30(26,27)24-21-22-12-13-29-21/h2-13H,14H2,1H3,(H,23,25)(H,24,26);2*1-12H,13H2,(H,23,25)(H,24,26);1-13H,14H2,(H,22,24)(H,23,25). The average Bonchev–Trinajstić information content (AvgIpc) is 1.39. The summed E-state index contributed by atoms with van der Waals surface area (Å²) in [6.07, 6.45) is 6.28. The van der Waals surface area contributed by atoms with Crippen LogP contribution < -0.4 is 59.1 Å². The molecular formula is C85H68Cl2N12O16S8.